The summed E-state index contributed by atoms with van der Waals surface area (Å²) in [5.41, 5.74) is 5.84. The minimum Gasteiger partial charge on any atom is -0.343 e. The number of nitrogens with zero attached hydrogens (tertiary/aromatic N) is 6. The summed E-state index contributed by atoms with van der Waals surface area (Å²) >= 11 is 0. The lowest BCUT2D eigenvalue weighted by molar-refractivity contribution is -0.130. The second-order valence-electron chi connectivity index (χ2n) is 10.1. The molecule has 0 unspecified atom stereocenters. The number of benzene rings is 2. The highest BCUT2D eigenvalue weighted by Crippen LogP contribution is 2.33. The number of likely N-dealkylation sites (tertiary alicyclic amines) is 1. The van der Waals surface area contributed by atoms with Crippen molar-refractivity contribution in [1.29, 1.82) is 0 Å². The number of aryl methyl sites for hydroxylation is 3. The van der Waals surface area contributed by atoms with Gasteiger partial charge in [-0.1, -0.05) is 11.2 Å². The van der Waals surface area contributed by atoms with Crippen molar-refractivity contribution in [2.75, 3.05) is 24.5 Å². The van der Waals surface area contributed by atoms with Crippen LogP contribution in [0, 0.1) is 13.8 Å². The van der Waals surface area contributed by atoms with E-state index < -0.39 is 0 Å². The first-order valence-electron chi connectivity index (χ1n) is 12.9. The van der Waals surface area contributed by atoms with Gasteiger partial charge >= 0.3 is 0 Å². The molecule has 2 amide bonds. The third-order valence-electron chi connectivity index (χ3n) is 7.62. The van der Waals surface area contributed by atoms with Gasteiger partial charge in [-0.3, -0.25) is 9.59 Å². The van der Waals surface area contributed by atoms with Gasteiger partial charge in [-0.2, -0.15) is 4.98 Å². The standard InChI is InChI=1S/C28H30N6O3/c1-18-5-7-22(13-19(18)2)34-16-21(15-26(34)36)28-30-27(31-37-28)20-6-8-24-23(14-20)29-17-33(24)12-9-25(35)32-10-3-4-11-32/h5-8,13-14,17,21H,3-4,9-12,15-16H2,1-2H3/t21-/m1/s1. The van der Waals surface area contributed by atoms with Crippen LogP contribution in [-0.4, -0.2) is 56.0 Å². The van der Waals surface area contributed by atoms with Crippen LogP contribution in [0.1, 0.15) is 48.6 Å². The largest absolute Gasteiger partial charge is 0.343 e. The van der Waals surface area contributed by atoms with Crippen LogP contribution >= 0.6 is 0 Å². The molecule has 9 nitrogen and oxygen atoms in total. The average molecular weight is 499 g/mol. The minimum absolute atomic E-state index is 0.0585. The van der Waals surface area contributed by atoms with Crippen LogP contribution in [0.25, 0.3) is 22.4 Å². The van der Waals surface area contributed by atoms with E-state index in [1.807, 2.05) is 45.9 Å². The molecule has 0 bridgehead atoms. The van der Waals surface area contributed by atoms with E-state index in [4.69, 9.17) is 4.52 Å². The van der Waals surface area contributed by atoms with E-state index in [1.165, 1.54) is 5.56 Å². The Balaban J connectivity index is 1.15. The number of fused-ring (bicyclic) bond motifs is 1. The molecule has 6 rings (SSSR count). The fourth-order valence-corrected chi connectivity index (χ4v) is 5.26. The van der Waals surface area contributed by atoms with Crippen LogP contribution in [0.3, 0.4) is 0 Å². The summed E-state index contributed by atoms with van der Waals surface area (Å²) in [6.45, 7) is 6.98. The molecule has 2 aliphatic rings. The molecule has 0 radical (unpaired) electrons. The molecular weight excluding hydrogens is 468 g/mol. The number of amides is 2. The monoisotopic (exact) mass is 498 g/mol. The van der Waals surface area contributed by atoms with E-state index in [2.05, 4.69) is 29.0 Å². The van der Waals surface area contributed by atoms with Crippen molar-refractivity contribution in [3.05, 3.63) is 59.7 Å². The van der Waals surface area contributed by atoms with E-state index in [9.17, 15) is 9.59 Å². The van der Waals surface area contributed by atoms with Gasteiger partial charge in [-0.15, -0.1) is 0 Å². The van der Waals surface area contributed by atoms with Gasteiger partial charge in [-0.05, 0) is 68.1 Å². The maximum absolute atomic E-state index is 12.8. The molecule has 2 aromatic heterocycles. The second kappa shape index (κ2) is 9.46. The van der Waals surface area contributed by atoms with E-state index in [0.29, 0.717) is 37.6 Å². The van der Waals surface area contributed by atoms with Gasteiger partial charge in [-0.25, -0.2) is 4.98 Å². The van der Waals surface area contributed by atoms with Crippen molar-refractivity contribution in [3.8, 4) is 11.4 Å². The maximum atomic E-state index is 12.8. The topological polar surface area (TPSA) is 97.4 Å². The first-order chi connectivity index (χ1) is 18.0. The van der Waals surface area contributed by atoms with Crippen molar-refractivity contribution in [3.63, 3.8) is 0 Å². The van der Waals surface area contributed by atoms with Gasteiger partial charge in [0.25, 0.3) is 0 Å². The summed E-state index contributed by atoms with van der Waals surface area (Å²) in [5.74, 6) is 1.07. The zero-order valence-electron chi connectivity index (χ0n) is 21.2. The molecule has 9 heteroatoms. The number of hydrogen-bond donors (Lipinski definition) is 0. The SMILES string of the molecule is Cc1ccc(N2C[C@H](c3nc(-c4ccc5c(c4)ncn5CCC(=O)N4CCCC4)no3)CC2=O)cc1C. The zero-order chi connectivity index (χ0) is 25.5. The van der Waals surface area contributed by atoms with Gasteiger partial charge < -0.3 is 18.9 Å². The molecule has 4 aromatic rings. The van der Waals surface area contributed by atoms with E-state index in [1.54, 1.807) is 11.2 Å². The third-order valence-corrected chi connectivity index (χ3v) is 7.62. The Morgan fingerprint density at radius 3 is 2.73 bits per heavy atom. The highest BCUT2D eigenvalue weighted by Gasteiger charge is 2.35. The first kappa shape index (κ1) is 23.4. The Labute approximate surface area is 215 Å². The van der Waals surface area contributed by atoms with Crippen molar-refractivity contribution in [1.82, 2.24) is 24.6 Å². The Bertz CT molecular complexity index is 1480. The Morgan fingerprint density at radius 1 is 1.08 bits per heavy atom. The van der Waals surface area contributed by atoms with Crippen LogP contribution in [0.15, 0.2) is 47.2 Å². The van der Waals surface area contributed by atoms with E-state index >= 15 is 0 Å². The summed E-state index contributed by atoms with van der Waals surface area (Å²) < 4.78 is 7.62. The first-order valence-corrected chi connectivity index (χ1v) is 12.9. The van der Waals surface area contributed by atoms with Gasteiger partial charge in [0.15, 0.2) is 0 Å². The summed E-state index contributed by atoms with van der Waals surface area (Å²) in [6.07, 6.45) is 4.79. The number of imidazole rings is 1. The van der Waals surface area contributed by atoms with Crippen LogP contribution in [0.2, 0.25) is 0 Å². The molecule has 37 heavy (non-hydrogen) atoms. The van der Waals surface area contributed by atoms with Gasteiger partial charge in [0, 0.05) is 50.3 Å². The number of carbonyl (C=O) groups is 2. The number of carbonyl (C=O) groups excluding carboxylic acids is 2. The molecular formula is C28H30N6O3. The van der Waals surface area contributed by atoms with Crippen LogP contribution in [-0.2, 0) is 16.1 Å². The predicted octanol–water partition coefficient (Wildman–Crippen LogP) is 4.24. The highest BCUT2D eigenvalue weighted by atomic mass is 16.5. The normalized spacial score (nSPS) is 17.9. The molecule has 0 N–H and O–H groups in total. The smallest absolute Gasteiger partial charge is 0.232 e. The lowest BCUT2D eigenvalue weighted by Gasteiger charge is -2.17. The van der Waals surface area contributed by atoms with Crippen molar-refractivity contribution in [2.45, 2.75) is 52.0 Å². The second-order valence-corrected chi connectivity index (χ2v) is 10.1. The molecule has 0 saturated carbocycles. The number of aromatic nitrogens is 4. The van der Waals surface area contributed by atoms with Crippen molar-refractivity contribution in [2.24, 2.45) is 0 Å². The lowest BCUT2D eigenvalue weighted by atomic mass is 10.1. The Kier molecular flexibility index (Phi) is 5.98. The molecule has 0 spiro atoms. The van der Waals surface area contributed by atoms with Crippen LogP contribution in [0.5, 0.6) is 0 Å². The molecule has 4 heterocycles. The van der Waals surface area contributed by atoms with E-state index in [0.717, 1.165) is 53.8 Å². The fraction of sp³-hybridized carbons (Fsp3) is 0.393. The Hall–Kier alpha value is -4.01. The van der Waals surface area contributed by atoms with Gasteiger partial charge in [0.1, 0.15) is 0 Å². The van der Waals surface area contributed by atoms with Crippen molar-refractivity contribution >= 4 is 28.5 Å². The Morgan fingerprint density at radius 2 is 1.92 bits per heavy atom. The van der Waals surface area contributed by atoms with Crippen molar-refractivity contribution < 1.29 is 14.1 Å². The average Bonchev–Trinajstić information content (AvgIpc) is 3.70. The quantitative estimate of drug-likeness (QED) is 0.395. The molecule has 2 fully saturated rings. The molecule has 2 aromatic carbocycles. The summed E-state index contributed by atoms with van der Waals surface area (Å²) in [6, 6.07) is 11.9. The zero-order valence-corrected chi connectivity index (χ0v) is 21.2. The molecule has 2 saturated heterocycles. The number of rotatable bonds is 6. The van der Waals surface area contributed by atoms with Gasteiger partial charge in [0.2, 0.25) is 23.5 Å². The van der Waals surface area contributed by atoms with Crippen LogP contribution < -0.4 is 4.90 Å². The molecule has 1 atom stereocenters. The summed E-state index contributed by atoms with van der Waals surface area (Å²) in [7, 11) is 0. The minimum atomic E-state index is -0.147. The number of anilines is 1. The molecule has 2 aliphatic heterocycles. The maximum Gasteiger partial charge on any atom is 0.232 e. The van der Waals surface area contributed by atoms with E-state index in [-0.39, 0.29) is 17.7 Å². The highest BCUT2D eigenvalue weighted by molar-refractivity contribution is 5.96. The third kappa shape index (κ3) is 4.50. The summed E-state index contributed by atoms with van der Waals surface area (Å²) in [5, 5.41) is 4.20. The predicted molar refractivity (Wildman–Crippen MR) is 139 cm³/mol. The fourth-order valence-electron chi connectivity index (χ4n) is 5.26. The molecule has 0 aliphatic carbocycles. The lowest BCUT2D eigenvalue weighted by Crippen LogP contribution is -2.28. The van der Waals surface area contributed by atoms with Crippen LogP contribution in [0.4, 0.5) is 5.69 Å². The molecule has 190 valence electrons. The summed E-state index contributed by atoms with van der Waals surface area (Å²) in [4.78, 5) is 38.1. The van der Waals surface area contributed by atoms with Gasteiger partial charge in [0.05, 0.1) is 23.3 Å². The number of hydrogen-bond acceptors (Lipinski definition) is 6.